The van der Waals surface area contributed by atoms with Gasteiger partial charge in [-0.2, -0.15) is 0 Å². The predicted octanol–water partition coefficient (Wildman–Crippen LogP) is 17.1. The monoisotopic (exact) mass is 911 g/mol. The third-order valence-electron chi connectivity index (χ3n) is 14.5. The number of para-hydroxylation sites is 2. The van der Waals surface area contributed by atoms with Crippen molar-refractivity contribution in [3.8, 4) is 56.4 Å². The van der Waals surface area contributed by atoms with Gasteiger partial charge in [0, 0.05) is 52.8 Å². The Bertz CT molecular complexity index is 4390. The van der Waals surface area contributed by atoms with E-state index in [0.717, 1.165) is 77.1 Å². The van der Waals surface area contributed by atoms with Crippen LogP contribution in [-0.2, 0) is 5.41 Å². The smallest absolute Gasteiger partial charge is 0.167 e. The van der Waals surface area contributed by atoms with Crippen molar-refractivity contribution in [3.63, 3.8) is 0 Å². The Morgan fingerprint density at radius 3 is 1.70 bits per heavy atom. The zero-order chi connectivity index (χ0) is 45.9. The van der Waals surface area contributed by atoms with E-state index in [2.05, 4.69) is 194 Å². The molecule has 14 aromatic rings. The lowest BCUT2D eigenvalue weighted by Crippen LogP contribution is -2.28. The van der Waals surface area contributed by atoms with Crippen molar-refractivity contribution in [3.05, 3.63) is 247 Å². The Morgan fingerprint density at radius 2 is 0.886 bits per heavy atom. The van der Waals surface area contributed by atoms with Crippen molar-refractivity contribution in [1.82, 2.24) is 15.0 Å². The molecule has 4 heterocycles. The van der Waals surface area contributed by atoms with E-state index < -0.39 is 5.41 Å². The van der Waals surface area contributed by atoms with E-state index in [9.17, 15) is 0 Å². The maximum atomic E-state index is 6.73. The standard InChI is InChI=1S/C64H37N3O2S/c1-3-17-39(18-4-1)64(40-19-5-2-6-20-40)50-29-10-7-22-44(50)57-41(24-14-30-51(57)64)38-35-36-53-49(37-38)58-46(26-15-32-54(58)68-53)61-65-62(47-27-16-34-56-59(47)45-23-9-12-33-55(45)70-56)67-63(66-61)48-28-13-25-43-42-21-8-11-31-52(42)69-60(43)48/h1-37H. The van der Waals surface area contributed by atoms with Crippen LogP contribution in [0.2, 0.25) is 0 Å². The molecule has 0 atom stereocenters. The molecule has 0 radical (unpaired) electrons. The molecule has 70 heavy (non-hydrogen) atoms. The number of benzene rings is 10. The number of furan rings is 2. The van der Waals surface area contributed by atoms with E-state index in [1.54, 1.807) is 11.3 Å². The van der Waals surface area contributed by atoms with Crippen LogP contribution in [0.1, 0.15) is 22.3 Å². The summed E-state index contributed by atoms with van der Waals surface area (Å²) in [7, 11) is 0. The topological polar surface area (TPSA) is 65.0 Å². The summed E-state index contributed by atoms with van der Waals surface area (Å²) in [6.07, 6.45) is 0. The summed E-state index contributed by atoms with van der Waals surface area (Å²) < 4.78 is 15.7. The first-order valence-corrected chi connectivity index (χ1v) is 24.4. The average Bonchev–Trinajstić information content (AvgIpc) is 4.20. The van der Waals surface area contributed by atoms with Gasteiger partial charge in [0.25, 0.3) is 0 Å². The minimum absolute atomic E-state index is 0.509. The summed E-state index contributed by atoms with van der Waals surface area (Å²) in [5, 5.41) is 6.30. The first kappa shape index (κ1) is 39.1. The second-order valence-electron chi connectivity index (χ2n) is 18.1. The van der Waals surface area contributed by atoms with Crippen LogP contribution in [0.25, 0.3) is 120 Å². The van der Waals surface area contributed by atoms with Crippen molar-refractivity contribution in [2.45, 2.75) is 5.41 Å². The molecule has 326 valence electrons. The third-order valence-corrected chi connectivity index (χ3v) is 15.6. The van der Waals surface area contributed by atoms with Crippen molar-refractivity contribution in [2.75, 3.05) is 0 Å². The van der Waals surface area contributed by atoms with Gasteiger partial charge in [-0.05, 0) is 87.0 Å². The molecule has 4 aromatic heterocycles. The summed E-state index contributed by atoms with van der Waals surface area (Å²) in [6.45, 7) is 0. The van der Waals surface area contributed by atoms with Gasteiger partial charge in [0.05, 0.1) is 11.0 Å². The van der Waals surface area contributed by atoms with Crippen LogP contribution < -0.4 is 0 Å². The van der Waals surface area contributed by atoms with Crippen LogP contribution in [0.5, 0.6) is 0 Å². The number of fused-ring (bicyclic) bond motifs is 12. The van der Waals surface area contributed by atoms with Crippen LogP contribution >= 0.6 is 11.3 Å². The highest BCUT2D eigenvalue weighted by Crippen LogP contribution is 2.58. The Kier molecular flexibility index (Phi) is 8.38. The Morgan fingerprint density at radius 1 is 0.343 bits per heavy atom. The zero-order valence-corrected chi connectivity index (χ0v) is 38.2. The number of thiophene rings is 1. The number of nitrogens with zero attached hydrogens (tertiary/aromatic N) is 3. The van der Waals surface area contributed by atoms with E-state index in [0.29, 0.717) is 17.5 Å². The van der Waals surface area contributed by atoms with E-state index in [1.165, 1.54) is 48.2 Å². The number of rotatable bonds is 6. The van der Waals surface area contributed by atoms with E-state index >= 15 is 0 Å². The first-order chi connectivity index (χ1) is 34.7. The largest absolute Gasteiger partial charge is 0.456 e. The quantitative estimate of drug-likeness (QED) is 0.166. The molecule has 0 saturated carbocycles. The molecule has 10 aromatic carbocycles. The highest BCUT2D eigenvalue weighted by atomic mass is 32.1. The van der Waals surface area contributed by atoms with Gasteiger partial charge in [-0.3, -0.25) is 0 Å². The van der Waals surface area contributed by atoms with Gasteiger partial charge < -0.3 is 8.83 Å². The molecule has 0 N–H and O–H groups in total. The Balaban J connectivity index is 0.972. The lowest BCUT2D eigenvalue weighted by molar-refractivity contribution is 0.668. The molecule has 0 spiro atoms. The first-order valence-electron chi connectivity index (χ1n) is 23.6. The fraction of sp³-hybridized carbons (Fsp3) is 0.0156. The molecule has 0 fully saturated rings. The van der Waals surface area contributed by atoms with Crippen molar-refractivity contribution >= 4 is 75.4 Å². The third kappa shape index (κ3) is 5.56. The van der Waals surface area contributed by atoms with E-state index in [-0.39, 0.29) is 0 Å². The number of hydrogen-bond donors (Lipinski definition) is 0. The van der Waals surface area contributed by atoms with Gasteiger partial charge in [0.2, 0.25) is 0 Å². The number of aromatic nitrogens is 3. The van der Waals surface area contributed by atoms with Gasteiger partial charge >= 0.3 is 0 Å². The van der Waals surface area contributed by atoms with Gasteiger partial charge in [0.1, 0.15) is 22.3 Å². The minimum Gasteiger partial charge on any atom is -0.456 e. The molecule has 1 aliphatic rings. The Hall–Kier alpha value is -8.97. The molecule has 5 nitrogen and oxygen atoms in total. The van der Waals surface area contributed by atoms with E-state index in [1.807, 2.05) is 30.3 Å². The summed E-state index contributed by atoms with van der Waals surface area (Å²) in [6, 6.07) is 79.8. The summed E-state index contributed by atoms with van der Waals surface area (Å²) in [5.74, 6) is 1.67. The van der Waals surface area contributed by atoms with Crippen LogP contribution in [0, 0.1) is 0 Å². The van der Waals surface area contributed by atoms with Crippen molar-refractivity contribution in [1.29, 1.82) is 0 Å². The summed E-state index contributed by atoms with van der Waals surface area (Å²) in [4.78, 5) is 16.2. The maximum absolute atomic E-state index is 6.73. The van der Waals surface area contributed by atoms with Gasteiger partial charge in [-0.15, -0.1) is 11.3 Å². The maximum Gasteiger partial charge on any atom is 0.167 e. The summed E-state index contributed by atoms with van der Waals surface area (Å²) in [5.41, 5.74) is 14.9. The van der Waals surface area contributed by atoms with E-state index in [4.69, 9.17) is 23.8 Å². The average molecular weight is 912 g/mol. The van der Waals surface area contributed by atoms with Crippen LogP contribution in [0.4, 0.5) is 0 Å². The molecule has 0 amide bonds. The van der Waals surface area contributed by atoms with Gasteiger partial charge in [-0.25, -0.2) is 15.0 Å². The number of hydrogen-bond acceptors (Lipinski definition) is 6. The van der Waals surface area contributed by atoms with Crippen LogP contribution in [0.15, 0.2) is 233 Å². The van der Waals surface area contributed by atoms with Crippen LogP contribution in [0.3, 0.4) is 0 Å². The molecule has 0 saturated heterocycles. The second-order valence-corrected chi connectivity index (χ2v) is 19.2. The van der Waals surface area contributed by atoms with Gasteiger partial charge in [-0.1, -0.05) is 182 Å². The normalized spacial score (nSPS) is 13.0. The SMILES string of the molecule is c1ccc(C2(c3ccccc3)c3ccccc3-c3c(-c4ccc5oc6cccc(-c7nc(-c8cccc9c8oc8ccccc89)nc(-c8cccc9sc%10ccccc%10c89)n7)c6c5c4)cccc32)cc1. The Labute approximate surface area is 405 Å². The predicted molar refractivity (Wildman–Crippen MR) is 286 cm³/mol. The fourth-order valence-electron chi connectivity index (χ4n) is 11.5. The molecule has 0 unspecified atom stereocenters. The molecule has 15 rings (SSSR count). The lowest BCUT2D eigenvalue weighted by atomic mass is 9.67. The van der Waals surface area contributed by atoms with Crippen molar-refractivity contribution < 1.29 is 8.83 Å². The summed E-state index contributed by atoms with van der Waals surface area (Å²) >= 11 is 1.78. The molecular weight excluding hydrogens is 875 g/mol. The van der Waals surface area contributed by atoms with Crippen molar-refractivity contribution in [2.24, 2.45) is 0 Å². The minimum atomic E-state index is -0.509. The molecule has 6 heteroatoms. The lowest BCUT2D eigenvalue weighted by Gasteiger charge is -2.34. The zero-order valence-electron chi connectivity index (χ0n) is 37.4. The molecule has 1 aliphatic carbocycles. The van der Waals surface area contributed by atoms with Crippen LogP contribution in [-0.4, -0.2) is 15.0 Å². The van der Waals surface area contributed by atoms with Gasteiger partial charge in [0.15, 0.2) is 17.5 Å². The second kappa shape index (κ2) is 15.0. The fourth-order valence-corrected chi connectivity index (χ4v) is 12.7. The molecule has 0 bridgehead atoms. The highest BCUT2D eigenvalue weighted by molar-refractivity contribution is 7.25. The molecular formula is C64H37N3O2S. The molecule has 0 aliphatic heterocycles. The highest BCUT2D eigenvalue weighted by Gasteiger charge is 2.46.